The number of likely N-dealkylation sites (N-methyl/N-ethyl adjacent to an activating group) is 1. The predicted octanol–water partition coefficient (Wildman–Crippen LogP) is 8.35. The van der Waals surface area contributed by atoms with Crippen LogP contribution in [0.15, 0.2) is 48.5 Å². The molecule has 2 aromatic heterocycles. The monoisotopic (exact) mass is 805 g/mol. The SMILES string of the molecule is COCOc1cc(-c2c(CCC#N)cc3c(nc(OCC4CCCN4C)c4cc(CCC(=O)OC)n(C5C6CC5N(C(=O)OC(C)(C)C)C6)c43)c2F)c2ccccc2c1. The number of ether oxygens (including phenoxy) is 5. The molecule has 4 fully saturated rings. The first kappa shape index (κ1) is 40.3. The van der Waals surface area contributed by atoms with E-state index >= 15 is 4.39 Å². The van der Waals surface area contributed by atoms with Gasteiger partial charge in [0.05, 0.1) is 42.6 Å². The number of carbonyl (C=O) groups is 2. The van der Waals surface area contributed by atoms with Crippen molar-refractivity contribution < 1.29 is 37.7 Å². The van der Waals surface area contributed by atoms with Gasteiger partial charge in [-0.2, -0.15) is 5.26 Å². The number of hydrogen-bond donors (Lipinski definition) is 0. The van der Waals surface area contributed by atoms with Gasteiger partial charge in [0.15, 0.2) is 12.6 Å². The average molecular weight is 806 g/mol. The Bertz CT molecular complexity index is 2470. The van der Waals surface area contributed by atoms with Crippen LogP contribution in [0, 0.1) is 23.1 Å². The number of carbonyl (C=O) groups excluding carboxylic acids is 2. The smallest absolute Gasteiger partial charge is 0.410 e. The third kappa shape index (κ3) is 7.64. The second-order valence-corrected chi connectivity index (χ2v) is 17.1. The van der Waals surface area contributed by atoms with Gasteiger partial charge in [-0.1, -0.05) is 24.3 Å². The summed E-state index contributed by atoms with van der Waals surface area (Å²) in [5.41, 5.74) is 2.62. The van der Waals surface area contributed by atoms with Crippen LogP contribution in [0.3, 0.4) is 0 Å². The summed E-state index contributed by atoms with van der Waals surface area (Å²) in [5, 5.41) is 12.8. The molecule has 4 atom stereocenters. The van der Waals surface area contributed by atoms with Gasteiger partial charge in [0.2, 0.25) is 5.88 Å². The number of hydrogen-bond acceptors (Lipinski definition) is 10. The van der Waals surface area contributed by atoms with Crippen LogP contribution in [0.25, 0.3) is 43.7 Å². The number of nitrogens with zero attached hydrogens (tertiary/aromatic N) is 5. The van der Waals surface area contributed by atoms with E-state index in [0.29, 0.717) is 58.7 Å². The lowest BCUT2D eigenvalue weighted by Gasteiger charge is -2.39. The van der Waals surface area contributed by atoms with Crippen molar-refractivity contribution in [3.05, 3.63) is 65.6 Å². The predicted molar refractivity (Wildman–Crippen MR) is 222 cm³/mol. The van der Waals surface area contributed by atoms with Gasteiger partial charge >= 0.3 is 12.1 Å². The number of halogens is 1. The highest BCUT2D eigenvalue weighted by Gasteiger charge is 2.56. The molecule has 310 valence electrons. The summed E-state index contributed by atoms with van der Waals surface area (Å²) in [4.78, 5) is 35.3. The number of fused-ring (bicyclic) bond motifs is 5. The van der Waals surface area contributed by atoms with E-state index in [2.05, 4.69) is 22.6 Å². The third-order valence-corrected chi connectivity index (χ3v) is 12.2. The Hall–Kier alpha value is -5.45. The summed E-state index contributed by atoms with van der Waals surface area (Å²) < 4.78 is 49.0. The molecular formula is C46H52FN5O7. The van der Waals surface area contributed by atoms with E-state index in [1.54, 1.807) is 7.11 Å². The molecule has 1 saturated carbocycles. The fraction of sp³-hybridized carbons (Fsp3) is 0.478. The van der Waals surface area contributed by atoms with Crippen LogP contribution in [0.5, 0.6) is 11.6 Å². The number of pyridine rings is 1. The van der Waals surface area contributed by atoms with E-state index in [0.717, 1.165) is 47.8 Å². The van der Waals surface area contributed by atoms with Crippen LogP contribution in [0.2, 0.25) is 0 Å². The van der Waals surface area contributed by atoms with Crippen molar-refractivity contribution in [3.63, 3.8) is 0 Å². The fourth-order valence-electron chi connectivity index (χ4n) is 9.38. The molecule has 13 heteroatoms. The minimum Gasteiger partial charge on any atom is -0.476 e. The summed E-state index contributed by atoms with van der Waals surface area (Å²) in [7, 11) is 5.00. The van der Waals surface area contributed by atoms with E-state index in [1.807, 2.05) is 74.2 Å². The second kappa shape index (κ2) is 16.3. The number of esters is 1. The molecule has 5 aromatic rings. The Balaban J connectivity index is 1.39. The van der Waals surface area contributed by atoms with Gasteiger partial charge in [-0.3, -0.25) is 4.79 Å². The third-order valence-electron chi connectivity index (χ3n) is 12.2. The van der Waals surface area contributed by atoms with Crippen molar-refractivity contribution >= 4 is 44.6 Å². The number of nitriles is 1. The molecule has 5 heterocycles. The standard InChI is InChI=1S/C46H52FN5O7/c1-46(2,3)59-45(54)51-24-29-21-37(51)42(29)52-30(15-16-38(53)56-6)22-36-43(52)35-20-28(12-9-17-48)39(34-23-32(58-26-55-5)19-27-11-7-8-14-33(27)34)40(47)41(35)49-44(36)57-25-31-13-10-18-50(31)4/h7-8,11,14,19-20,22-23,29,31,37,42H,9-10,12-13,15-16,18,21,24-26H2,1-6H3. The van der Waals surface area contributed by atoms with E-state index in [4.69, 9.17) is 28.7 Å². The quantitative estimate of drug-likeness (QED) is 0.0846. The molecular weight excluding hydrogens is 754 g/mol. The first-order valence-electron chi connectivity index (χ1n) is 20.5. The molecule has 3 aromatic carbocycles. The molecule has 3 saturated heterocycles. The lowest BCUT2D eigenvalue weighted by Crippen LogP contribution is -2.44. The number of aromatic nitrogens is 2. The maximum absolute atomic E-state index is 18.1. The zero-order chi connectivity index (χ0) is 41.6. The number of methoxy groups -OCH3 is 2. The van der Waals surface area contributed by atoms with Gasteiger partial charge in [-0.15, -0.1) is 0 Å². The lowest BCUT2D eigenvalue weighted by atomic mass is 9.79. The Labute approximate surface area is 343 Å². The molecule has 0 N–H and O–H groups in total. The highest BCUT2D eigenvalue weighted by molar-refractivity contribution is 6.10. The van der Waals surface area contributed by atoms with E-state index < -0.39 is 11.4 Å². The van der Waals surface area contributed by atoms with Crippen LogP contribution >= 0.6 is 0 Å². The van der Waals surface area contributed by atoms with E-state index in [9.17, 15) is 14.9 Å². The summed E-state index contributed by atoms with van der Waals surface area (Å²) in [6.07, 6.45) is 3.36. The van der Waals surface area contributed by atoms with Gasteiger partial charge in [0, 0.05) is 48.7 Å². The molecule has 2 bridgehead atoms. The van der Waals surface area contributed by atoms with Crippen molar-refractivity contribution in [2.45, 2.75) is 89.4 Å². The molecule has 9 rings (SSSR count). The van der Waals surface area contributed by atoms with Gasteiger partial charge in [-0.25, -0.2) is 14.2 Å². The normalized spacial score (nSPS) is 20.3. The molecule has 59 heavy (non-hydrogen) atoms. The minimum absolute atomic E-state index is 0.0134. The summed E-state index contributed by atoms with van der Waals surface area (Å²) in [6.45, 7) is 7.43. The Morgan fingerprint density at radius 3 is 2.58 bits per heavy atom. The molecule has 4 unspecified atom stereocenters. The highest BCUT2D eigenvalue weighted by Crippen LogP contribution is 2.53. The maximum atomic E-state index is 18.1. The number of rotatable bonds is 13. The molecule has 1 aliphatic carbocycles. The molecule has 0 radical (unpaired) electrons. The van der Waals surface area contributed by atoms with Crippen LogP contribution < -0.4 is 9.47 Å². The second-order valence-electron chi connectivity index (χ2n) is 17.1. The zero-order valence-electron chi connectivity index (χ0n) is 34.7. The maximum Gasteiger partial charge on any atom is 0.410 e. The topological polar surface area (TPSA) is 128 Å². The number of benzene rings is 3. The van der Waals surface area contributed by atoms with Crippen LogP contribution in [0.1, 0.15) is 70.2 Å². The lowest BCUT2D eigenvalue weighted by molar-refractivity contribution is -0.140. The van der Waals surface area contributed by atoms with Crippen LogP contribution in [-0.4, -0.2) is 96.9 Å². The van der Waals surface area contributed by atoms with Gasteiger partial charge in [-0.05, 0) is 113 Å². The van der Waals surface area contributed by atoms with E-state index in [-0.39, 0.29) is 67.7 Å². The van der Waals surface area contributed by atoms with Crippen LogP contribution in [0.4, 0.5) is 9.18 Å². The van der Waals surface area contributed by atoms with Crippen LogP contribution in [-0.2, 0) is 31.8 Å². The molecule has 1 amide bonds. The molecule has 12 nitrogen and oxygen atoms in total. The van der Waals surface area contributed by atoms with Gasteiger partial charge in [0.25, 0.3) is 0 Å². The summed E-state index contributed by atoms with van der Waals surface area (Å²) in [6, 6.07) is 17.5. The molecule has 4 aliphatic rings. The van der Waals surface area contributed by atoms with Crippen molar-refractivity contribution in [2.75, 3.05) is 47.8 Å². The summed E-state index contributed by atoms with van der Waals surface area (Å²) >= 11 is 0. The largest absolute Gasteiger partial charge is 0.476 e. The zero-order valence-corrected chi connectivity index (χ0v) is 34.7. The molecule has 3 aliphatic heterocycles. The Morgan fingerprint density at radius 2 is 1.85 bits per heavy atom. The minimum atomic E-state index is -0.664. The van der Waals surface area contributed by atoms with Gasteiger partial charge in [0.1, 0.15) is 23.5 Å². The first-order chi connectivity index (χ1) is 28.4. The number of likely N-dealkylation sites (tertiary alicyclic amines) is 1. The first-order valence-corrected chi connectivity index (χ1v) is 20.5. The van der Waals surface area contributed by atoms with E-state index in [1.165, 1.54) is 7.11 Å². The van der Waals surface area contributed by atoms with Crippen molar-refractivity contribution in [2.24, 2.45) is 5.92 Å². The van der Waals surface area contributed by atoms with Crippen molar-refractivity contribution in [1.82, 2.24) is 19.4 Å². The van der Waals surface area contributed by atoms with Crippen molar-refractivity contribution in [1.29, 1.82) is 5.26 Å². The molecule has 0 spiro atoms. The Morgan fingerprint density at radius 1 is 1.03 bits per heavy atom. The highest BCUT2D eigenvalue weighted by atomic mass is 19.1. The van der Waals surface area contributed by atoms with Gasteiger partial charge < -0.3 is 38.1 Å². The number of amides is 1. The Kier molecular flexibility index (Phi) is 11.1. The summed E-state index contributed by atoms with van der Waals surface area (Å²) in [5.74, 6) is 0.0285. The number of aryl methyl sites for hydroxylation is 2. The average Bonchev–Trinajstić information content (AvgIpc) is 4.00. The fourth-order valence-corrected chi connectivity index (χ4v) is 9.38. The van der Waals surface area contributed by atoms with Crippen molar-refractivity contribution in [3.8, 4) is 28.8 Å².